The first-order valence-electron chi connectivity index (χ1n) is 6.47. The molecule has 1 aromatic carbocycles. The van der Waals surface area contributed by atoms with E-state index in [2.05, 4.69) is 63.6 Å². The number of halogens is 1. The Balaban J connectivity index is 2.29. The molecule has 2 unspecified atom stereocenters. The maximum atomic E-state index is 3.58. The second-order valence-corrected chi connectivity index (χ2v) is 5.94. The molecule has 0 bridgehead atoms. The third-order valence-electron chi connectivity index (χ3n) is 3.83. The normalized spacial score (nSPS) is 23.0. The highest BCUT2D eigenvalue weighted by Gasteiger charge is 2.28. The lowest BCUT2D eigenvalue weighted by molar-refractivity contribution is 0.161. The molecule has 1 aliphatic rings. The quantitative estimate of drug-likeness (QED) is 0.893. The van der Waals surface area contributed by atoms with Crippen molar-refractivity contribution in [1.82, 2.24) is 15.5 Å². The molecule has 0 amide bonds. The standard InChI is InChI=1S/C14H22BrN3/c1-10-4-5-11(15)8-12(10)14(16-2)13-9-17-6-7-18(13)3/h4-5,8,13-14,16-17H,6-7,9H2,1-3H3. The Morgan fingerprint density at radius 1 is 1.50 bits per heavy atom. The van der Waals surface area contributed by atoms with Gasteiger partial charge >= 0.3 is 0 Å². The molecule has 3 nitrogen and oxygen atoms in total. The van der Waals surface area contributed by atoms with Gasteiger partial charge in [0, 0.05) is 36.2 Å². The molecular weight excluding hydrogens is 290 g/mol. The second kappa shape index (κ2) is 6.15. The number of likely N-dealkylation sites (N-methyl/N-ethyl adjacent to an activating group) is 2. The summed E-state index contributed by atoms with van der Waals surface area (Å²) in [6.45, 7) is 5.41. The first kappa shape index (κ1) is 14.0. The number of benzene rings is 1. The number of nitrogens with one attached hydrogen (secondary N) is 2. The summed E-state index contributed by atoms with van der Waals surface area (Å²) in [5.41, 5.74) is 2.73. The Bertz CT molecular complexity index is 408. The van der Waals surface area contributed by atoms with Crippen LogP contribution < -0.4 is 10.6 Å². The van der Waals surface area contributed by atoms with Crippen LogP contribution in [0.4, 0.5) is 0 Å². The lowest BCUT2D eigenvalue weighted by Gasteiger charge is -2.39. The van der Waals surface area contributed by atoms with Gasteiger partial charge in [-0.2, -0.15) is 0 Å². The monoisotopic (exact) mass is 311 g/mol. The molecule has 1 heterocycles. The zero-order valence-electron chi connectivity index (χ0n) is 11.3. The molecule has 0 saturated carbocycles. The summed E-state index contributed by atoms with van der Waals surface area (Å²) in [6, 6.07) is 7.38. The van der Waals surface area contributed by atoms with E-state index < -0.39 is 0 Å². The first-order chi connectivity index (χ1) is 8.63. The minimum absolute atomic E-state index is 0.361. The molecule has 18 heavy (non-hydrogen) atoms. The van der Waals surface area contributed by atoms with Crippen molar-refractivity contribution in [3.05, 3.63) is 33.8 Å². The van der Waals surface area contributed by atoms with Crippen molar-refractivity contribution in [2.24, 2.45) is 0 Å². The van der Waals surface area contributed by atoms with Gasteiger partial charge in [-0.15, -0.1) is 0 Å². The van der Waals surface area contributed by atoms with Gasteiger partial charge in [0.1, 0.15) is 0 Å². The molecule has 2 N–H and O–H groups in total. The SMILES string of the molecule is CNC(c1cc(Br)ccc1C)C1CNCCN1C. The van der Waals surface area contributed by atoms with Gasteiger partial charge in [0.15, 0.2) is 0 Å². The van der Waals surface area contributed by atoms with Crippen LogP contribution >= 0.6 is 15.9 Å². The van der Waals surface area contributed by atoms with E-state index in [0.717, 1.165) is 24.1 Å². The summed E-state index contributed by atoms with van der Waals surface area (Å²) >= 11 is 3.58. The maximum absolute atomic E-state index is 3.58. The van der Waals surface area contributed by atoms with Crippen LogP contribution in [0.15, 0.2) is 22.7 Å². The molecule has 2 rings (SSSR count). The fraction of sp³-hybridized carbons (Fsp3) is 0.571. The fourth-order valence-electron chi connectivity index (χ4n) is 2.70. The van der Waals surface area contributed by atoms with E-state index in [1.807, 2.05) is 7.05 Å². The Kier molecular flexibility index (Phi) is 4.78. The highest BCUT2D eigenvalue weighted by Crippen LogP contribution is 2.26. The minimum atomic E-state index is 0.361. The van der Waals surface area contributed by atoms with E-state index in [0.29, 0.717) is 12.1 Å². The molecule has 0 spiro atoms. The van der Waals surface area contributed by atoms with Gasteiger partial charge in [-0.05, 0) is 44.3 Å². The number of aryl methyl sites for hydroxylation is 1. The lowest BCUT2D eigenvalue weighted by Crippen LogP contribution is -2.54. The topological polar surface area (TPSA) is 27.3 Å². The highest BCUT2D eigenvalue weighted by atomic mass is 79.9. The summed E-state index contributed by atoms with van der Waals surface area (Å²) in [5, 5.41) is 6.97. The molecule has 1 saturated heterocycles. The molecule has 1 fully saturated rings. The Hall–Kier alpha value is -0.420. The van der Waals surface area contributed by atoms with E-state index in [-0.39, 0.29) is 0 Å². The van der Waals surface area contributed by atoms with Crippen LogP contribution in [-0.4, -0.2) is 44.7 Å². The maximum Gasteiger partial charge on any atom is 0.0491 e. The predicted molar refractivity (Wildman–Crippen MR) is 80.0 cm³/mol. The number of nitrogens with zero attached hydrogens (tertiary/aromatic N) is 1. The minimum Gasteiger partial charge on any atom is -0.314 e. The summed E-state index contributed by atoms with van der Waals surface area (Å²) in [4.78, 5) is 2.44. The number of rotatable bonds is 3. The van der Waals surface area contributed by atoms with Gasteiger partial charge in [-0.3, -0.25) is 4.90 Å². The van der Waals surface area contributed by atoms with Gasteiger partial charge in [0.05, 0.1) is 0 Å². The van der Waals surface area contributed by atoms with Gasteiger partial charge < -0.3 is 10.6 Å². The van der Waals surface area contributed by atoms with Crippen LogP contribution in [0, 0.1) is 6.92 Å². The van der Waals surface area contributed by atoms with Crippen molar-refractivity contribution in [2.45, 2.75) is 19.0 Å². The average Bonchev–Trinajstić information content (AvgIpc) is 2.36. The lowest BCUT2D eigenvalue weighted by atomic mass is 9.93. The van der Waals surface area contributed by atoms with Gasteiger partial charge in [0.25, 0.3) is 0 Å². The summed E-state index contributed by atoms with van der Waals surface area (Å²) in [7, 11) is 4.26. The molecule has 0 radical (unpaired) electrons. The summed E-state index contributed by atoms with van der Waals surface area (Å²) < 4.78 is 1.15. The van der Waals surface area contributed by atoms with E-state index >= 15 is 0 Å². The van der Waals surface area contributed by atoms with E-state index in [1.165, 1.54) is 11.1 Å². The molecule has 2 atom stereocenters. The molecule has 4 heteroatoms. The number of hydrogen-bond acceptors (Lipinski definition) is 3. The van der Waals surface area contributed by atoms with E-state index in [4.69, 9.17) is 0 Å². The zero-order valence-corrected chi connectivity index (χ0v) is 12.9. The van der Waals surface area contributed by atoms with Crippen LogP contribution in [0.1, 0.15) is 17.2 Å². The number of hydrogen-bond donors (Lipinski definition) is 2. The van der Waals surface area contributed by atoms with Crippen molar-refractivity contribution < 1.29 is 0 Å². The largest absolute Gasteiger partial charge is 0.314 e. The van der Waals surface area contributed by atoms with Crippen molar-refractivity contribution in [1.29, 1.82) is 0 Å². The average molecular weight is 312 g/mol. The Morgan fingerprint density at radius 3 is 2.94 bits per heavy atom. The smallest absolute Gasteiger partial charge is 0.0491 e. The van der Waals surface area contributed by atoms with Crippen molar-refractivity contribution in [2.75, 3.05) is 33.7 Å². The fourth-order valence-corrected chi connectivity index (χ4v) is 3.08. The van der Waals surface area contributed by atoms with Crippen molar-refractivity contribution >= 4 is 15.9 Å². The van der Waals surface area contributed by atoms with Gasteiger partial charge in [-0.1, -0.05) is 22.0 Å². The first-order valence-corrected chi connectivity index (χ1v) is 7.27. The Labute approximate surface area is 118 Å². The molecule has 0 aliphatic carbocycles. The molecule has 1 aliphatic heterocycles. The highest BCUT2D eigenvalue weighted by molar-refractivity contribution is 9.10. The van der Waals surface area contributed by atoms with Crippen molar-refractivity contribution in [3.8, 4) is 0 Å². The molecule has 100 valence electrons. The van der Waals surface area contributed by atoms with Crippen LogP contribution in [-0.2, 0) is 0 Å². The van der Waals surface area contributed by atoms with E-state index in [1.54, 1.807) is 0 Å². The van der Waals surface area contributed by atoms with Gasteiger partial charge in [-0.25, -0.2) is 0 Å². The van der Waals surface area contributed by atoms with Crippen LogP contribution in [0.3, 0.4) is 0 Å². The van der Waals surface area contributed by atoms with Gasteiger partial charge in [0.2, 0.25) is 0 Å². The summed E-state index contributed by atoms with van der Waals surface area (Å²) in [5.74, 6) is 0. The Morgan fingerprint density at radius 2 is 2.28 bits per heavy atom. The molecule has 0 aromatic heterocycles. The van der Waals surface area contributed by atoms with E-state index in [9.17, 15) is 0 Å². The molecular formula is C14H22BrN3. The number of piperazine rings is 1. The second-order valence-electron chi connectivity index (χ2n) is 5.02. The summed E-state index contributed by atoms with van der Waals surface area (Å²) in [6.07, 6.45) is 0. The third kappa shape index (κ3) is 2.94. The van der Waals surface area contributed by atoms with Crippen LogP contribution in [0.2, 0.25) is 0 Å². The van der Waals surface area contributed by atoms with Crippen LogP contribution in [0.5, 0.6) is 0 Å². The van der Waals surface area contributed by atoms with Crippen LogP contribution in [0.25, 0.3) is 0 Å². The molecule has 1 aromatic rings. The van der Waals surface area contributed by atoms with Crippen molar-refractivity contribution in [3.63, 3.8) is 0 Å². The predicted octanol–water partition coefficient (Wildman–Crippen LogP) is 1.92. The zero-order chi connectivity index (χ0) is 13.1. The third-order valence-corrected chi connectivity index (χ3v) is 4.33.